The van der Waals surface area contributed by atoms with Crippen LogP contribution in [-0.2, 0) is 0 Å². The van der Waals surface area contributed by atoms with Crippen LogP contribution in [0.3, 0.4) is 0 Å². The summed E-state index contributed by atoms with van der Waals surface area (Å²) in [5.74, 6) is 1.46. The average Bonchev–Trinajstić information content (AvgIpc) is 2.54. The largest absolute Gasteiger partial charge is 0.342 e. The highest BCUT2D eigenvalue weighted by Gasteiger charge is 2.19. The molecule has 0 saturated heterocycles. The van der Waals surface area contributed by atoms with Crippen molar-refractivity contribution in [1.29, 1.82) is 0 Å². The molecule has 0 aliphatic heterocycles. The molecule has 6 heteroatoms. The Morgan fingerprint density at radius 2 is 1.68 bits per heavy atom. The maximum Gasteiger partial charge on any atom is 0.120 e. The Balaban J connectivity index is 0.00000312. The van der Waals surface area contributed by atoms with Crippen LogP contribution in [0.5, 0.6) is 0 Å². The number of amidine groups is 1. The molecule has 2 nitrogen and oxygen atoms in total. The Morgan fingerprint density at radius 1 is 1.08 bits per heavy atom. The fourth-order valence-corrected chi connectivity index (χ4v) is 3.32. The van der Waals surface area contributed by atoms with E-state index in [2.05, 4.69) is 38.2 Å². The van der Waals surface area contributed by atoms with Crippen LogP contribution in [0.1, 0.15) is 20.8 Å². The van der Waals surface area contributed by atoms with Gasteiger partial charge in [0.25, 0.3) is 0 Å². The number of benzene rings is 2. The molecule has 1 N–H and O–H groups in total. The average molecular weight is 418 g/mol. The predicted molar refractivity (Wildman–Crippen MR) is 116 cm³/mol. The summed E-state index contributed by atoms with van der Waals surface area (Å²) in [5.41, 5.74) is 0.589. The Kier molecular flexibility index (Phi) is 9.15. The van der Waals surface area contributed by atoms with E-state index in [0.29, 0.717) is 5.02 Å². The number of rotatable bonds is 5. The standard InChI is InChI=1S/C19H22Cl2N2S.ClH/c1-19(2,3)23-18(22-17-12-8-7-11-15(17)20)16(21)13-24-14-9-5-4-6-10-14;/h4-12,16H,13H2,1-3H3,(H,22,23);1H. The predicted octanol–water partition coefficient (Wildman–Crippen LogP) is 6.77. The topological polar surface area (TPSA) is 24.4 Å². The first kappa shape index (κ1) is 22.2. The van der Waals surface area contributed by atoms with Crippen LogP contribution in [0, 0.1) is 0 Å². The van der Waals surface area contributed by atoms with Gasteiger partial charge in [-0.1, -0.05) is 41.9 Å². The number of thioether (sulfide) groups is 1. The van der Waals surface area contributed by atoms with E-state index in [9.17, 15) is 0 Å². The molecule has 0 saturated carbocycles. The van der Waals surface area contributed by atoms with Gasteiger partial charge in [-0.3, -0.25) is 4.99 Å². The molecule has 1 atom stereocenters. The van der Waals surface area contributed by atoms with Gasteiger partial charge in [-0.25, -0.2) is 0 Å². The molecular weight excluding hydrogens is 395 g/mol. The van der Waals surface area contributed by atoms with Gasteiger partial charge in [0.05, 0.1) is 16.2 Å². The highest BCUT2D eigenvalue weighted by molar-refractivity contribution is 7.99. The van der Waals surface area contributed by atoms with E-state index >= 15 is 0 Å². The molecule has 25 heavy (non-hydrogen) atoms. The quantitative estimate of drug-likeness (QED) is 0.251. The lowest BCUT2D eigenvalue weighted by atomic mass is 10.1. The van der Waals surface area contributed by atoms with Gasteiger partial charge in [-0.2, -0.15) is 0 Å². The molecular formula is C19H23Cl3N2S. The SMILES string of the molecule is CC(C)(C)N=C(Nc1ccccc1Cl)C(Cl)CSc1ccccc1.Cl. The van der Waals surface area contributed by atoms with Crippen LogP contribution < -0.4 is 5.32 Å². The van der Waals surface area contributed by atoms with E-state index < -0.39 is 0 Å². The molecule has 0 aliphatic carbocycles. The van der Waals surface area contributed by atoms with Crippen molar-refractivity contribution < 1.29 is 0 Å². The maximum atomic E-state index is 6.65. The second-order valence-corrected chi connectivity index (χ2v) is 8.39. The molecule has 2 rings (SSSR count). The number of aliphatic imine (C=N–C) groups is 1. The summed E-state index contributed by atoms with van der Waals surface area (Å²) >= 11 is 14.6. The van der Waals surface area contributed by atoms with Gasteiger partial charge >= 0.3 is 0 Å². The smallest absolute Gasteiger partial charge is 0.120 e. The van der Waals surface area contributed by atoms with Crippen LogP contribution in [0.15, 0.2) is 64.5 Å². The first-order valence-electron chi connectivity index (χ1n) is 7.78. The molecule has 0 aliphatic rings. The van der Waals surface area contributed by atoms with Crippen molar-refractivity contribution >= 4 is 58.9 Å². The van der Waals surface area contributed by atoms with Crippen LogP contribution in [0.4, 0.5) is 5.69 Å². The zero-order chi connectivity index (χ0) is 17.6. The summed E-state index contributed by atoms with van der Waals surface area (Å²) in [7, 11) is 0. The summed E-state index contributed by atoms with van der Waals surface area (Å²) in [6.45, 7) is 6.15. The minimum absolute atomic E-state index is 0. The molecule has 0 spiro atoms. The number of nitrogens with zero attached hydrogens (tertiary/aromatic N) is 1. The van der Waals surface area contributed by atoms with E-state index in [1.165, 1.54) is 4.90 Å². The van der Waals surface area contributed by atoms with Gasteiger partial charge in [-0.05, 0) is 45.0 Å². The molecule has 0 bridgehead atoms. The zero-order valence-corrected chi connectivity index (χ0v) is 17.6. The van der Waals surface area contributed by atoms with Crippen molar-refractivity contribution in [2.24, 2.45) is 4.99 Å². The first-order valence-corrected chi connectivity index (χ1v) is 9.58. The lowest BCUT2D eigenvalue weighted by Gasteiger charge is -2.21. The highest BCUT2D eigenvalue weighted by atomic mass is 35.5. The number of alkyl halides is 1. The van der Waals surface area contributed by atoms with Crippen LogP contribution in [0.25, 0.3) is 0 Å². The fourth-order valence-electron chi connectivity index (χ4n) is 2.00. The van der Waals surface area contributed by atoms with Gasteiger partial charge in [-0.15, -0.1) is 35.8 Å². The lowest BCUT2D eigenvalue weighted by Crippen LogP contribution is -2.29. The number of hydrogen-bond acceptors (Lipinski definition) is 2. The third-order valence-electron chi connectivity index (χ3n) is 3.03. The zero-order valence-electron chi connectivity index (χ0n) is 14.5. The summed E-state index contributed by atoms with van der Waals surface area (Å²) in [4.78, 5) is 5.95. The number of para-hydroxylation sites is 1. The Morgan fingerprint density at radius 3 is 2.28 bits per heavy atom. The van der Waals surface area contributed by atoms with Crippen molar-refractivity contribution in [3.8, 4) is 0 Å². The molecule has 0 heterocycles. The van der Waals surface area contributed by atoms with Crippen molar-refractivity contribution in [2.45, 2.75) is 36.6 Å². The van der Waals surface area contributed by atoms with Gasteiger partial charge < -0.3 is 5.32 Å². The van der Waals surface area contributed by atoms with Gasteiger partial charge in [0.2, 0.25) is 0 Å². The minimum Gasteiger partial charge on any atom is -0.342 e. The number of nitrogens with one attached hydrogen (secondary N) is 1. The molecule has 2 aromatic rings. The van der Waals surface area contributed by atoms with Gasteiger partial charge in [0, 0.05) is 10.6 Å². The lowest BCUT2D eigenvalue weighted by molar-refractivity contribution is 0.582. The Labute approximate surface area is 170 Å². The second kappa shape index (κ2) is 10.3. The van der Waals surface area contributed by atoms with Gasteiger partial charge in [0.1, 0.15) is 11.2 Å². The Hall–Kier alpha value is -0.870. The van der Waals surface area contributed by atoms with Crippen LogP contribution >= 0.6 is 47.4 Å². The highest BCUT2D eigenvalue weighted by Crippen LogP contribution is 2.25. The van der Waals surface area contributed by atoms with Crippen LogP contribution in [0.2, 0.25) is 5.02 Å². The summed E-state index contributed by atoms with van der Waals surface area (Å²) in [6, 6.07) is 17.8. The first-order chi connectivity index (χ1) is 11.3. The van der Waals surface area contributed by atoms with E-state index in [-0.39, 0.29) is 23.3 Å². The third-order valence-corrected chi connectivity index (χ3v) is 5.01. The van der Waals surface area contributed by atoms with E-state index in [4.69, 9.17) is 28.2 Å². The number of anilines is 1. The normalized spacial score (nSPS) is 13.1. The summed E-state index contributed by atoms with van der Waals surface area (Å²) < 4.78 is 0. The molecule has 136 valence electrons. The van der Waals surface area contributed by atoms with E-state index in [1.807, 2.05) is 42.5 Å². The molecule has 0 amide bonds. The second-order valence-electron chi connectivity index (χ2n) is 6.36. The van der Waals surface area contributed by atoms with Crippen molar-refractivity contribution in [3.63, 3.8) is 0 Å². The number of halogens is 3. The molecule has 0 radical (unpaired) electrons. The summed E-state index contributed by atoms with van der Waals surface area (Å²) in [5, 5.41) is 3.72. The summed E-state index contributed by atoms with van der Waals surface area (Å²) in [6.07, 6.45) is 0. The van der Waals surface area contributed by atoms with E-state index in [1.54, 1.807) is 11.8 Å². The monoisotopic (exact) mass is 416 g/mol. The minimum atomic E-state index is -0.245. The van der Waals surface area contributed by atoms with Crippen molar-refractivity contribution in [1.82, 2.24) is 0 Å². The molecule has 1 unspecified atom stereocenters. The van der Waals surface area contributed by atoms with Crippen molar-refractivity contribution in [2.75, 3.05) is 11.1 Å². The maximum absolute atomic E-state index is 6.65. The third kappa shape index (κ3) is 7.91. The van der Waals surface area contributed by atoms with Crippen molar-refractivity contribution in [3.05, 3.63) is 59.6 Å². The Bertz CT molecular complexity index is 685. The molecule has 0 aromatic heterocycles. The fraction of sp³-hybridized carbons (Fsp3) is 0.316. The molecule has 0 fully saturated rings. The van der Waals surface area contributed by atoms with Gasteiger partial charge in [0.15, 0.2) is 0 Å². The number of hydrogen-bond donors (Lipinski definition) is 1. The van der Waals surface area contributed by atoms with Crippen LogP contribution in [-0.4, -0.2) is 22.5 Å². The molecule has 2 aromatic carbocycles. The van der Waals surface area contributed by atoms with E-state index in [0.717, 1.165) is 17.3 Å².